The third kappa shape index (κ3) is 4.25. The van der Waals surface area contributed by atoms with Gasteiger partial charge in [-0.25, -0.2) is 8.42 Å². The van der Waals surface area contributed by atoms with E-state index in [0.717, 1.165) is 5.56 Å². The van der Waals surface area contributed by atoms with Gasteiger partial charge < -0.3 is 10.6 Å². The molecule has 0 bridgehead atoms. The zero-order chi connectivity index (χ0) is 22.0. The second-order valence-electron chi connectivity index (χ2n) is 7.08. The van der Waals surface area contributed by atoms with E-state index in [0.29, 0.717) is 35.6 Å². The molecule has 7 nitrogen and oxygen atoms in total. The molecule has 0 atom stereocenters. The van der Waals surface area contributed by atoms with Crippen LogP contribution in [-0.4, -0.2) is 38.1 Å². The first-order valence-electron chi connectivity index (χ1n) is 9.68. The van der Waals surface area contributed by atoms with Crippen LogP contribution in [0.25, 0.3) is 0 Å². The van der Waals surface area contributed by atoms with E-state index < -0.39 is 15.9 Å². The first kappa shape index (κ1) is 21.2. The average molecular weight is 456 g/mol. The van der Waals surface area contributed by atoms with Crippen LogP contribution in [0.15, 0.2) is 64.9 Å². The zero-order valence-electron chi connectivity index (χ0n) is 16.8. The van der Waals surface area contributed by atoms with Gasteiger partial charge in [0.05, 0.1) is 10.5 Å². The fourth-order valence-corrected chi connectivity index (χ4v) is 5.70. The Morgan fingerprint density at radius 1 is 0.968 bits per heavy atom. The number of sulfonamides is 1. The van der Waals surface area contributed by atoms with Crippen LogP contribution in [0.5, 0.6) is 0 Å². The summed E-state index contributed by atoms with van der Waals surface area (Å²) in [5, 5.41) is 7.39. The molecular weight excluding hydrogens is 434 g/mol. The largest absolute Gasteiger partial charge is 0.355 e. The number of benzene rings is 2. The van der Waals surface area contributed by atoms with Crippen molar-refractivity contribution in [2.45, 2.75) is 17.9 Å². The summed E-state index contributed by atoms with van der Waals surface area (Å²) in [4.78, 5) is 24.6. The molecule has 0 saturated heterocycles. The van der Waals surface area contributed by atoms with Crippen molar-refractivity contribution in [3.63, 3.8) is 0 Å². The van der Waals surface area contributed by atoms with Crippen LogP contribution >= 0.6 is 11.3 Å². The number of hydrogen-bond acceptors (Lipinski definition) is 5. The molecular formula is C22H21N3O4S2. The molecule has 0 unspecified atom stereocenters. The zero-order valence-corrected chi connectivity index (χ0v) is 18.4. The van der Waals surface area contributed by atoms with Gasteiger partial charge in [0.15, 0.2) is 0 Å². The molecule has 1 aliphatic rings. The number of carbonyl (C=O) groups is 2. The van der Waals surface area contributed by atoms with Gasteiger partial charge in [0.2, 0.25) is 10.0 Å². The number of anilines is 1. The van der Waals surface area contributed by atoms with Crippen molar-refractivity contribution in [3.8, 4) is 0 Å². The molecule has 0 aliphatic carbocycles. The normalized spacial score (nSPS) is 14.0. The number of nitrogens with zero attached hydrogens (tertiary/aromatic N) is 1. The Labute approximate surface area is 184 Å². The molecule has 3 aromatic rings. The second-order valence-corrected chi connectivity index (χ2v) is 9.93. The highest BCUT2D eigenvalue weighted by atomic mass is 32.2. The molecule has 0 fully saturated rings. The minimum absolute atomic E-state index is 0.144. The minimum Gasteiger partial charge on any atom is -0.355 e. The molecule has 2 N–H and O–H groups in total. The fourth-order valence-electron chi connectivity index (χ4n) is 3.50. The van der Waals surface area contributed by atoms with E-state index in [2.05, 4.69) is 10.6 Å². The van der Waals surface area contributed by atoms with E-state index in [-0.39, 0.29) is 10.8 Å². The van der Waals surface area contributed by atoms with Crippen LogP contribution in [-0.2, 0) is 23.0 Å². The SMILES string of the molecule is CNC(=O)c1ccsc1NC(=O)c1ccc(S(=O)(=O)N2CCc3ccccc3C2)cc1. The van der Waals surface area contributed by atoms with Gasteiger partial charge in [0, 0.05) is 25.7 Å². The number of rotatable bonds is 5. The molecule has 0 spiro atoms. The smallest absolute Gasteiger partial charge is 0.256 e. The van der Waals surface area contributed by atoms with Gasteiger partial charge in [-0.05, 0) is 53.3 Å². The third-order valence-corrected chi connectivity index (χ3v) is 7.90. The monoisotopic (exact) mass is 455 g/mol. The molecule has 2 aromatic carbocycles. The molecule has 31 heavy (non-hydrogen) atoms. The Morgan fingerprint density at radius 2 is 1.68 bits per heavy atom. The Morgan fingerprint density at radius 3 is 2.39 bits per heavy atom. The predicted molar refractivity (Wildman–Crippen MR) is 120 cm³/mol. The minimum atomic E-state index is -3.67. The highest BCUT2D eigenvalue weighted by Gasteiger charge is 2.28. The van der Waals surface area contributed by atoms with E-state index in [1.54, 1.807) is 11.4 Å². The summed E-state index contributed by atoms with van der Waals surface area (Å²) < 4.78 is 27.6. The lowest BCUT2D eigenvalue weighted by molar-refractivity contribution is 0.0964. The molecule has 2 amide bonds. The number of fused-ring (bicyclic) bond motifs is 1. The molecule has 2 heterocycles. The summed E-state index contributed by atoms with van der Waals surface area (Å²) in [6, 6.07) is 15.3. The van der Waals surface area contributed by atoms with Crippen LogP contribution in [0, 0.1) is 0 Å². The van der Waals surface area contributed by atoms with Crippen molar-refractivity contribution in [2.24, 2.45) is 0 Å². The maximum atomic E-state index is 13.1. The van der Waals surface area contributed by atoms with Crippen LogP contribution in [0.1, 0.15) is 31.8 Å². The molecule has 9 heteroatoms. The van der Waals surface area contributed by atoms with Crippen LogP contribution in [0.3, 0.4) is 0 Å². The van der Waals surface area contributed by atoms with Gasteiger partial charge in [-0.2, -0.15) is 4.31 Å². The number of nitrogens with one attached hydrogen (secondary N) is 2. The molecule has 1 aliphatic heterocycles. The average Bonchev–Trinajstić information content (AvgIpc) is 3.26. The molecule has 0 saturated carbocycles. The lowest BCUT2D eigenvalue weighted by Crippen LogP contribution is -2.35. The van der Waals surface area contributed by atoms with Crippen molar-refractivity contribution in [1.82, 2.24) is 9.62 Å². The molecule has 4 rings (SSSR count). The summed E-state index contributed by atoms with van der Waals surface area (Å²) in [6.45, 7) is 0.754. The van der Waals surface area contributed by atoms with Crippen LogP contribution in [0.4, 0.5) is 5.00 Å². The third-order valence-electron chi connectivity index (χ3n) is 5.21. The van der Waals surface area contributed by atoms with Crippen LogP contribution in [0.2, 0.25) is 0 Å². The van der Waals surface area contributed by atoms with Crippen LogP contribution < -0.4 is 10.6 Å². The summed E-state index contributed by atoms with van der Waals surface area (Å²) >= 11 is 1.24. The Bertz CT molecular complexity index is 1230. The maximum absolute atomic E-state index is 13.1. The van der Waals surface area contributed by atoms with Gasteiger partial charge in [-0.3, -0.25) is 9.59 Å². The second kappa shape index (κ2) is 8.62. The predicted octanol–water partition coefficient (Wildman–Crippen LogP) is 3.11. The molecule has 1 aromatic heterocycles. The van der Waals surface area contributed by atoms with E-state index in [4.69, 9.17) is 0 Å². The lowest BCUT2D eigenvalue weighted by Gasteiger charge is -2.28. The van der Waals surface area contributed by atoms with Crippen molar-refractivity contribution in [3.05, 3.63) is 82.2 Å². The summed E-state index contributed by atoms with van der Waals surface area (Å²) in [5.41, 5.74) is 2.87. The number of thiophene rings is 1. The fraction of sp³-hybridized carbons (Fsp3) is 0.182. The number of carbonyl (C=O) groups excluding carboxylic acids is 2. The Kier molecular flexibility index (Phi) is 5.90. The quantitative estimate of drug-likeness (QED) is 0.618. The highest BCUT2D eigenvalue weighted by Crippen LogP contribution is 2.26. The Hall–Kier alpha value is -3.01. The van der Waals surface area contributed by atoms with E-state index in [1.165, 1.54) is 52.5 Å². The van der Waals surface area contributed by atoms with Crippen molar-refractivity contribution in [1.29, 1.82) is 0 Å². The topological polar surface area (TPSA) is 95.6 Å². The van der Waals surface area contributed by atoms with Gasteiger partial charge in [-0.1, -0.05) is 24.3 Å². The van der Waals surface area contributed by atoms with E-state index in [1.807, 2.05) is 24.3 Å². The van der Waals surface area contributed by atoms with Crippen molar-refractivity contribution in [2.75, 3.05) is 18.9 Å². The van der Waals surface area contributed by atoms with Crippen molar-refractivity contribution < 1.29 is 18.0 Å². The summed E-state index contributed by atoms with van der Waals surface area (Å²) in [6.07, 6.45) is 0.671. The first-order chi connectivity index (χ1) is 14.9. The van der Waals surface area contributed by atoms with Gasteiger partial charge in [0.1, 0.15) is 5.00 Å². The highest BCUT2D eigenvalue weighted by molar-refractivity contribution is 7.89. The molecule has 160 valence electrons. The first-order valence-corrected chi connectivity index (χ1v) is 12.0. The standard InChI is InChI=1S/C22H21N3O4S2/c1-23-21(27)19-11-13-30-22(19)24-20(26)16-6-8-18(9-7-16)31(28,29)25-12-10-15-4-2-3-5-17(15)14-25/h2-9,11,13H,10,12,14H2,1H3,(H,23,27)(H,24,26). The van der Waals surface area contributed by atoms with Crippen molar-refractivity contribution >= 4 is 38.2 Å². The summed E-state index contributed by atoms with van der Waals surface area (Å²) in [5.74, 6) is -0.704. The van der Waals surface area contributed by atoms with Gasteiger partial charge in [-0.15, -0.1) is 11.3 Å². The maximum Gasteiger partial charge on any atom is 0.256 e. The Balaban J connectivity index is 1.50. The lowest BCUT2D eigenvalue weighted by atomic mass is 10.0. The molecule has 0 radical (unpaired) electrons. The van der Waals surface area contributed by atoms with Gasteiger partial charge in [0.25, 0.3) is 11.8 Å². The summed E-state index contributed by atoms with van der Waals surface area (Å²) in [7, 11) is -2.15. The number of amides is 2. The van der Waals surface area contributed by atoms with E-state index in [9.17, 15) is 18.0 Å². The van der Waals surface area contributed by atoms with E-state index >= 15 is 0 Å². The van der Waals surface area contributed by atoms with Gasteiger partial charge >= 0.3 is 0 Å². The number of hydrogen-bond donors (Lipinski definition) is 2.